The van der Waals surface area contributed by atoms with E-state index in [0.29, 0.717) is 43.0 Å². The minimum atomic E-state index is -4.67. The minimum Gasteiger partial charge on any atom is -0.383 e. The van der Waals surface area contributed by atoms with Crippen LogP contribution in [0.15, 0.2) is 72.8 Å². The van der Waals surface area contributed by atoms with Crippen LogP contribution in [0.5, 0.6) is 0 Å². The number of carbonyl (C=O) groups excluding carboxylic acids is 2. The zero-order valence-electron chi connectivity index (χ0n) is 32.1. The van der Waals surface area contributed by atoms with Crippen LogP contribution >= 0.6 is 0 Å². The van der Waals surface area contributed by atoms with Crippen LogP contribution in [0.1, 0.15) is 34.2 Å². The Morgan fingerprint density at radius 3 is 2.16 bits per heavy atom. The van der Waals surface area contributed by atoms with E-state index in [1.165, 1.54) is 18.2 Å². The lowest BCUT2D eigenvalue weighted by Gasteiger charge is -2.35. The number of halogens is 4. The van der Waals surface area contributed by atoms with Crippen molar-refractivity contribution in [2.75, 3.05) is 92.1 Å². The second-order valence-electron chi connectivity index (χ2n) is 14.5. The number of nitrogens with two attached hydrogens (primary N) is 1. The first-order valence-electron chi connectivity index (χ1n) is 19.0. The van der Waals surface area contributed by atoms with Crippen molar-refractivity contribution < 1.29 is 27.2 Å². The zero-order valence-corrected chi connectivity index (χ0v) is 32.1. The van der Waals surface area contributed by atoms with Gasteiger partial charge in [-0.1, -0.05) is 13.0 Å². The molecule has 0 aliphatic carbocycles. The summed E-state index contributed by atoms with van der Waals surface area (Å²) in [6.45, 7) is 11.0. The monoisotopic (exact) mass is 783 g/mol. The van der Waals surface area contributed by atoms with Gasteiger partial charge in [0.05, 0.1) is 22.9 Å². The molecule has 11 nitrogen and oxygen atoms in total. The van der Waals surface area contributed by atoms with Crippen LogP contribution in [0.25, 0.3) is 22.0 Å². The van der Waals surface area contributed by atoms with Crippen LogP contribution in [0.3, 0.4) is 0 Å². The van der Waals surface area contributed by atoms with Crippen LogP contribution in [-0.4, -0.2) is 97.5 Å². The highest BCUT2D eigenvalue weighted by Gasteiger charge is 2.36. The van der Waals surface area contributed by atoms with E-state index in [9.17, 15) is 22.8 Å². The van der Waals surface area contributed by atoms with E-state index in [4.69, 9.17) is 5.73 Å². The van der Waals surface area contributed by atoms with E-state index >= 15 is 4.39 Å². The molecule has 0 atom stereocenters. The number of nitrogens with zero attached hydrogens (tertiary/aromatic N) is 6. The first-order chi connectivity index (χ1) is 27.3. The number of hydrogen-bond acceptors (Lipinski definition) is 9. The number of benzene rings is 4. The van der Waals surface area contributed by atoms with Gasteiger partial charge in [-0.05, 0) is 98.4 Å². The zero-order chi connectivity index (χ0) is 40.4. The molecular formula is C42H45F4N9O2. The summed E-state index contributed by atoms with van der Waals surface area (Å²) in [6.07, 6.45) is -4.86. The lowest BCUT2D eigenvalue weighted by Crippen LogP contribution is -2.46. The van der Waals surface area contributed by atoms with Gasteiger partial charge < -0.3 is 36.0 Å². The second-order valence-corrected chi connectivity index (χ2v) is 14.5. The summed E-state index contributed by atoms with van der Waals surface area (Å²) in [5, 5.41) is 5.51. The fourth-order valence-corrected chi connectivity index (χ4v) is 7.40. The highest BCUT2D eigenvalue weighted by molar-refractivity contribution is 6.05. The summed E-state index contributed by atoms with van der Waals surface area (Å²) in [5.74, 6) is -1.81. The molecule has 0 unspecified atom stereocenters. The number of aromatic nitrogens is 2. The van der Waals surface area contributed by atoms with Crippen LogP contribution in [0.4, 0.5) is 46.1 Å². The number of carbonyl (C=O) groups is 2. The Morgan fingerprint density at radius 2 is 1.47 bits per heavy atom. The normalized spacial score (nSPS) is 15.6. The van der Waals surface area contributed by atoms with E-state index in [2.05, 4.69) is 37.3 Å². The molecule has 0 spiro atoms. The quantitative estimate of drug-likeness (QED) is 0.141. The Hall–Kier alpha value is -5.80. The summed E-state index contributed by atoms with van der Waals surface area (Å²) in [4.78, 5) is 43.4. The number of fused-ring (bicyclic) bond motifs is 1. The van der Waals surface area contributed by atoms with Crippen molar-refractivity contribution in [3.05, 3.63) is 101 Å². The number of alkyl halides is 3. The van der Waals surface area contributed by atoms with Crippen LogP contribution < -0.4 is 26.2 Å². The third-order valence-corrected chi connectivity index (χ3v) is 10.7. The summed E-state index contributed by atoms with van der Waals surface area (Å²) in [7, 11) is 1.92. The Balaban J connectivity index is 1.05. The van der Waals surface area contributed by atoms with Gasteiger partial charge in [0.1, 0.15) is 17.5 Å². The summed E-state index contributed by atoms with van der Waals surface area (Å²) < 4.78 is 58.9. The topological polar surface area (TPSA) is 123 Å². The SMILES string of the molecule is CCN1CCN(c2ccc(NC(=O)Cc3nc(N)c4c(F)c(-c5cc(NC(=O)c6ccc(N7CCN(C)CC7)c(C(F)(F)F)c6)ccc5C)ccc4n3)cc2)CC1. The van der Waals surface area contributed by atoms with Gasteiger partial charge in [-0.15, -0.1) is 0 Å². The van der Waals surface area contributed by atoms with E-state index in [-0.39, 0.29) is 57.4 Å². The van der Waals surface area contributed by atoms with Gasteiger partial charge >= 0.3 is 6.18 Å². The predicted octanol–water partition coefficient (Wildman–Crippen LogP) is 6.67. The van der Waals surface area contributed by atoms with Crippen molar-refractivity contribution in [2.24, 2.45) is 0 Å². The molecule has 0 saturated carbocycles. The Labute approximate surface area is 328 Å². The highest BCUT2D eigenvalue weighted by atomic mass is 19.4. The molecule has 298 valence electrons. The highest BCUT2D eigenvalue weighted by Crippen LogP contribution is 2.38. The summed E-state index contributed by atoms with van der Waals surface area (Å²) >= 11 is 0. The lowest BCUT2D eigenvalue weighted by atomic mass is 9.97. The van der Waals surface area contributed by atoms with Crippen molar-refractivity contribution in [2.45, 2.75) is 26.4 Å². The molecule has 15 heteroatoms. The molecule has 7 rings (SSSR count). The van der Waals surface area contributed by atoms with Crippen LogP contribution in [-0.2, 0) is 17.4 Å². The predicted molar refractivity (Wildman–Crippen MR) is 216 cm³/mol. The van der Waals surface area contributed by atoms with Crippen molar-refractivity contribution in [3.63, 3.8) is 0 Å². The number of nitrogen functional groups attached to an aromatic ring is 1. The summed E-state index contributed by atoms with van der Waals surface area (Å²) in [5.41, 5.74) is 8.69. The smallest absolute Gasteiger partial charge is 0.383 e. The lowest BCUT2D eigenvalue weighted by molar-refractivity contribution is -0.137. The Kier molecular flexibility index (Phi) is 11.3. The van der Waals surface area contributed by atoms with Gasteiger partial charge in [-0.2, -0.15) is 13.2 Å². The van der Waals surface area contributed by atoms with Gasteiger partial charge in [0.15, 0.2) is 0 Å². The van der Waals surface area contributed by atoms with E-state index in [0.717, 1.165) is 44.5 Å². The number of hydrogen-bond donors (Lipinski definition) is 3. The second kappa shape index (κ2) is 16.4. The third kappa shape index (κ3) is 8.79. The molecule has 3 heterocycles. The van der Waals surface area contributed by atoms with Gasteiger partial charge in [0.25, 0.3) is 5.91 Å². The van der Waals surface area contributed by atoms with Gasteiger partial charge in [0.2, 0.25) is 5.91 Å². The number of piperazine rings is 2. The molecule has 2 amide bonds. The number of likely N-dealkylation sites (N-methyl/N-ethyl adjacent to an activating group) is 2. The first kappa shape index (κ1) is 39.4. The maximum atomic E-state index is 16.3. The van der Waals surface area contributed by atoms with Crippen molar-refractivity contribution in [3.8, 4) is 11.1 Å². The molecule has 4 N–H and O–H groups in total. The standard InChI is InChI=1S/C42H45F4N9O2/c1-4-53-17-21-54(22-18-53)30-10-8-28(9-11-30)48-37(56)25-36-50-34-13-12-31(39(43)38(34)40(47)51-36)32-24-29(7-5-26(32)2)49-41(57)27-6-14-35(33(23-27)42(44,45)46)55-19-15-52(3)16-20-55/h5-14,23-24H,4,15-22,25H2,1-3H3,(H,48,56)(H,49,57)(H2,47,50,51). The number of amides is 2. The number of aryl methyl sites for hydroxylation is 1. The van der Waals surface area contributed by atoms with Crippen LogP contribution in [0.2, 0.25) is 0 Å². The molecular weight excluding hydrogens is 739 g/mol. The van der Waals surface area contributed by atoms with E-state index in [1.54, 1.807) is 36.1 Å². The maximum Gasteiger partial charge on any atom is 0.418 e. The van der Waals surface area contributed by atoms with Gasteiger partial charge in [0, 0.05) is 86.2 Å². The van der Waals surface area contributed by atoms with Gasteiger partial charge in [-0.25, -0.2) is 14.4 Å². The average Bonchev–Trinajstić information content (AvgIpc) is 3.19. The average molecular weight is 784 g/mol. The van der Waals surface area contributed by atoms with E-state index < -0.39 is 23.5 Å². The molecule has 2 aliphatic rings. The number of rotatable bonds is 9. The number of anilines is 5. The Morgan fingerprint density at radius 1 is 0.789 bits per heavy atom. The fraction of sp³-hybridized carbons (Fsp3) is 0.333. The van der Waals surface area contributed by atoms with Crippen LogP contribution in [0, 0.1) is 12.7 Å². The first-order valence-corrected chi connectivity index (χ1v) is 19.0. The summed E-state index contributed by atoms with van der Waals surface area (Å²) in [6, 6.07) is 19.2. The van der Waals surface area contributed by atoms with Crippen molar-refractivity contribution in [1.29, 1.82) is 0 Å². The molecule has 2 fully saturated rings. The molecule has 4 aromatic carbocycles. The molecule has 1 aromatic heterocycles. The maximum absolute atomic E-state index is 16.3. The molecule has 2 saturated heterocycles. The molecule has 0 bridgehead atoms. The third-order valence-electron chi connectivity index (χ3n) is 10.7. The van der Waals surface area contributed by atoms with Crippen molar-refractivity contribution >= 4 is 51.3 Å². The molecule has 0 radical (unpaired) electrons. The Bertz CT molecular complexity index is 2290. The number of nitrogens with one attached hydrogen (secondary N) is 2. The molecule has 5 aromatic rings. The van der Waals surface area contributed by atoms with Gasteiger partial charge in [-0.3, -0.25) is 9.59 Å². The van der Waals surface area contributed by atoms with E-state index in [1.807, 2.05) is 36.2 Å². The molecule has 57 heavy (non-hydrogen) atoms. The molecule has 2 aliphatic heterocycles. The minimum absolute atomic E-state index is 0.0269. The fourth-order valence-electron chi connectivity index (χ4n) is 7.40. The van der Waals surface area contributed by atoms with Crippen molar-refractivity contribution in [1.82, 2.24) is 19.8 Å². The largest absolute Gasteiger partial charge is 0.418 e.